The molecular weight excluding hydrogens is 544 g/mol. The standard InChI is InChI=1S/C33H32N6O4/c1-19-26(18-35-33-34-17-16-28(38-33)23-13-7-9-21-8-3-4-10-22(21)23)30(43-39-19)29-15-14-27(20(2)36-29)37-31(40)24-11-5-6-12-25(24)32(41)42/h3-4,7-10,13-17,24-25H,5-6,11-12,18H2,1-2H3,(H,37,40)(H,41,42)(H,34,35,38)/t24-,25-/m0/s1. The molecular formula is C33H32N6O4. The van der Waals surface area contributed by atoms with Crippen molar-refractivity contribution in [2.24, 2.45) is 11.8 Å². The van der Waals surface area contributed by atoms with Crippen LogP contribution in [0, 0.1) is 25.7 Å². The zero-order chi connectivity index (χ0) is 29.9. The third-order valence-corrected chi connectivity index (χ3v) is 8.13. The van der Waals surface area contributed by atoms with Gasteiger partial charge in [0.25, 0.3) is 0 Å². The molecule has 1 aliphatic rings. The van der Waals surface area contributed by atoms with E-state index in [1.807, 2.05) is 31.2 Å². The molecule has 10 nitrogen and oxygen atoms in total. The zero-order valence-electron chi connectivity index (χ0n) is 24.0. The fraction of sp³-hybridized carbons (Fsp3) is 0.273. The Balaban J connectivity index is 1.19. The number of aliphatic carboxylic acids is 1. The number of rotatable bonds is 8. The van der Waals surface area contributed by atoms with Crippen LogP contribution >= 0.6 is 0 Å². The van der Waals surface area contributed by atoms with Crippen molar-refractivity contribution in [1.29, 1.82) is 0 Å². The van der Waals surface area contributed by atoms with Gasteiger partial charge in [0.05, 0.1) is 34.6 Å². The maximum atomic E-state index is 13.0. The summed E-state index contributed by atoms with van der Waals surface area (Å²) in [5, 5.41) is 22.2. The molecule has 10 heteroatoms. The lowest BCUT2D eigenvalue weighted by Crippen LogP contribution is -2.36. The Bertz CT molecular complexity index is 1810. The first-order chi connectivity index (χ1) is 20.9. The molecule has 0 spiro atoms. The van der Waals surface area contributed by atoms with Gasteiger partial charge >= 0.3 is 5.97 Å². The average Bonchev–Trinajstić information content (AvgIpc) is 3.40. The summed E-state index contributed by atoms with van der Waals surface area (Å²) < 4.78 is 5.68. The number of carbonyl (C=O) groups excluding carboxylic acids is 1. The van der Waals surface area contributed by atoms with Crippen LogP contribution in [-0.4, -0.2) is 37.1 Å². The molecule has 0 radical (unpaired) electrons. The first-order valence-corrected chi connectivity index (χ1v) is 14.4. The molecule has 1 fully saturated rings. The highest BCUT2D eigenvalue weighted by atomic mass is 16.5. The first kappa shape index (κ1) is 28.0. The third-order valence-electron chi connectivity index (χ3n) is 8.13. The second kappa shape index (κ2) is 12.0. The number of nitrogens with zero attached hydrogens (tertiary/aromatic N) is 4. The van der Waals surface area contributed by atoms with Gasteiger partial charge in [-0.3, -0.25) is 9.59 Å². The van der Waals surface area contributed by atoms with E-state index in [-0.39, 0.29) is 5.91 Å². The van der Waals surface area contributed by atoms with Crippen LogP contribution in [0.1, 0.15) is 42.6 Å². The number of carbonyl (C=O) groups is 2. The van der Waals surface area contributed by atoms with Crippen LogP contribution < -0.4 is 10.6 Å². The molecule has 6 rings (SSSR count). The number of carboxylic acid groups (broad SMARTS) is 1. The summed E-state index contributed by atoms with van der Waals surface area (Å²) in [5.74, 6) is -1.43. The fourth-order valence-electron chi connectivity index (χ4n) is 5.79. The Labute approximate surface area is 248 Å². The van der Waals surface area contributed by atoms with Crippen molar-refractivity contribution in [3.05, 3.63) is 83.8 Å². The number of aromatic nitrogens is 4. The van der Waals surface area contributed by atoms with E-state index in [0.717, 1.165) is 40.4 Å². The number of benzene rings is 2. The zero-order valence-corrected chi connectivity index (χ0v) is 24.0. The summed E-state index contributed by atoms with van der Waals surface area (Å²) in [6.07, 6.45) is 4.49. The number of hydrogen-bond acceptors (Lipinski definition) is 8. The Kier molecular flexibility index (Phi) is 7.83. The van der Waals surface area contributed by atoms with Crippen molar-refractivity contribution in [3.8, 4) is 22.7 Å². The largest absolute Gasteiger partial charge is 0.481 e. The van der Waals surface area contributed by atoms with Gasteiger partial charge in [-0.25, -0.2) is 15.0 Å². The van der Waals surface area contributed by atoms with E-state index >= 15 is 0 Å². The van der Waals surface area contributed by atoms with Gasteiger partial charge in [-0.2, -0.15) is 0 Å². The lowest BCUT2D eigenvalue weighted by atomic mass is 9.78. The predicted octanol–water partition coefficient (Wildman–Crippen LogP) is 6.41. The Morgan fingerprint density at radius 2 is 1.70 bits per heavy atom. The Morgan fingerprint density at radius 3 is 2.51 bits per heavy atom. The maximum Gasteiger partial charge on any atom is 0.307 e. The molecule has 3 heterocycles. The van der Waals surface area contributed by atoms with E-state index in [1.54, 1.807) is 25.3 Å². The van der Waals surface area contributed by atoms with E-state index in [0.29, 0.717) is 53.9 Å². The summed E-state index contributed by atoms with van der Waals surface area (Å²) in [6.45, 7) is 4.02. The number of aryl methyl sites for hydroxylation is 2. The van der Waals surface area contributed by atoms with Crippen LogP contribution in [0.3, 0.4) is 0 Å². The van der Waals surface area contributed by atoms with Gasteiger partial charge in [-0.1, -0.05) is 60.5 Å². The third kappa shape index (κ3) is 5.81. The van der Waals surface area contributed by atoms with Crippen molar-refractivity contribution in [2.45, 2.75) is 46.1 Å². The van der Waals surface area contributed by atoms with Crippen LogP contribution in [0.4, 0.5) is 11.6 Å². The molecule has 218 valence electrons. The minimum Gasteiger partial charge on any atom is -0.481 e. The van der Waals surface area contributed by atoms with Crippen LogP contribution in [0.5, 0.6) is 0 Å². The average molecular weight is 577 g/mol. The number of hydrogen-bond donors (Lipinski definition) is 3. The topological polar surface area (TPSA) is 143 Å². The maximum absolute atomic E-state index is 13.0. The molecule has 2 aromatic carbocycles. The van der Waals surface area contributed by atoms with Crippen molar-refractivity contribution < 1.29 is 19.2 Å². The highest BCUT2D eigenvalue weighted by Crippen LogP contribution is 2.33. The molecule has 43 heavy (non-hydrogen) atoms. The molecule has 0 bridgehead atoms. The van der Waals surface area contributed by atoms with Crippen molar-refractivity contribution >= 4 is 34.3 Å². The van der Waals surface area contributed by atoms with Gasteiger partial charge in [0, 0.05) is 23.9 Å². The van der Waals surface area contributed by atoms with Crippen LogP contribution in [0.2, 0.25) is 0 Å². The number of pyridine rings is 1. The second-order valence-corrected chi connectivity index (χ2v) is 10.9. The molecule has 3 N–H and O–H groups in total. The Morgan fingerprint density at radius 1 is 0.907 bits per heavy atom. The summed E-state index contributed by atoms with van der Waals surface area (Å²) in [7, 11) is 0. The molecule has 0 aliphatic heterocycles. The normalized spacial score (nSPS) is 16.6. The van der Waals surface area contributed by atoms with E-state index in [9.17, 15) is 14.7 Å². The minimum atomic E-state index is -0.919. The highest BCUT2D eigenvalue weighted by molar-refractivity contribution is 5.96. The number of fused-ring (bicyclic) bond motifs is 1. The SMILES string of the molecule is Cc1nc(-c2onc(C)c2CNc2nccc(-c3cccc4ccccc34)n2)ccc1NC(=O)[C@H]1CCCC[C@@H]1C(=O)O. The number of carboxylic acids is 1. The quantitative estimate of drug-likeness (QED) is 0.191. The summed E-state index contributed by atoms with van der Waals surface area (Å²) in [5.41, 5.74) is 5.06. The van der Waals surface area contributed by atoms with Crippen molar-refractivity contribution in [1.82, 2.24) is 20.1 Å². The fourth-order valence-corrected chi connectivity index (χ4v) is 5.79. The number of amides is 1. The highest BCUT2D eigenvalue weighted by Gasteiger charge is 2.36. The molecule has 1 saturated carbocycles. The van der Waals surface area contributed by atoms with Crippen molar-refractivity contribution in [2.75, 3.05) is 10.6 Å². The van der Waals surface area contributed by atoms with Crippen LogP contribution in [0.15, 0.2) is 71.4 Å². The molecule has 1 amide bonds. The van der Waals surface area contributed by atoms with Gasteiger partial charge in [-0.05, 0) is 55.7 Å². The molecule has 1 aliphatic carbocycles. The van der Waals surface area contributed by atoms with E-state index < -0.39 is 17.8 Å². The minimum absolute atomic E-state index is 0.282. The lowest BCUT2D eigenvalue weighted by molar-refractivity contribution is -0.147. The first-order valence-electron chi connectivity index (χ1n) is 14.4. The second-order valence-electron chi connectivity index (χ2n) is 10.9. The van der Waals surface area contributed by atoms with Gasteiger partial charge in [0.1, 0.15) is 5.69 Å². The predicted molar refractivity (Wildman–Crippen MR) is 163 cm³/mol. The summed E-state index contributed by atoms with van der Waals surface area (Å²) in [4.78, 5) is 38.5. The van der Waals surface area contributed by atoms with Crippen LogP contribution in [-0.2, 0) is 16.1 Å². The number of anilines is 2. The van der Waals surface area contributed by atoms with Gasteiger partial charge < -0.3 is 20.3 Å². The van der Waals surface area contributed by atoms with Gasteiger partial charge in [-0.15, -0.1) is 0 Å². The number of nitrogens with one attached hydrogen (secondary N) is 2. The molecule has 0 unspecified atom stereocenters. The monoisotopic (exact) mass is 576 g/mol. The summed E-state index contributed by atoms with van der Waals surface area (Å²) >= 11 is 0. The van der Waals surface area contributed by atoms with Gasteiger partial charge in [0.15, 0.2) is 5.76 Å². The molecule has 2 atom stereocenters. The van der Waals surface area contributed by atoms with E-state index in [2.05, 4.69) is 50.0 Å². The molecule has 5 aromatic rings. The smallest absolute Gasteiger partial charge is 0.307 e. The van der Waals surface area contributed by atoms with E-state index in [1.165, 1.54) is 0 Å². The van der Waals surface area contributed by atoms with Crippen molar-refractivity contribution in [3.63, 3.8) is 0 Å². The van der Waals surface area contributed by atoms with E-state index in [4.69, 9.17) is 9.51 Å². The molecule has 3 aromatic heterocycles. The summed E-state index contributed by atoms with van der Waals surface area (Å²) in [6, 6.07) is 19.8. The van der Waals surface area contributed by atoms with Gasteiger partial charge in [0.2, 0.25) is 11.9 Å². The molecule has 0 saturated heterocycles. The lowest BCUT2D eigenvalue weighted by Gasteiger charge is -2.27. The van der Waals surface area contributed by atoms with Crippen LogP contribution in [0.25, 0.3) is 33.5 Å². The Hall–Kier alpha value is -5.12.